The summed E-state index contributed by atoms with van der Waals surface area (Å²) >= 11 is 0. The highest BCUT2D eigenvalue weighted by atomic mass is 16.6. The van der Waals surface area contributed by atoms with E-state index < -0.39 is 4.92 Å². The van der Waals surface area contributed by atoms with Gasteiger partial charge in [-0.05, 0) is 43.0 Å². The fraction of sp³-hybridized carbons (Fsp3) is 0.458. The molecular formula is C24H30N4O4. The zero-order chi connectivity index (χ0) is 22.5. The minimum absolute atomic E-state index is 0.0790. The molecule has 170 valence electrons. The molecule has 2 fully saturated rings. The van der Waals surface area contributed by atoms with Gasteiger partial charge >= 0.3 is 0 Å². The van der Waals surface area contributed by atoms with Crippen molar-refractivity contribution in [2.45, 2.75) is 25.8 Å². The van der Waals surface area contributed by atoms with Gasteiger partial charge in [0.1, 0.15) is 0 Å². The quantitative estimate of drug-likeness (QED) is 0.506. The van der Waals surface area contributed by atoms with Gasteiger partial charge in [-0.2, -0.15) is 0 Å². The Hall–Kier alpha value is -3.13. The summed E-state index contributed by atoms with van der Waals surface area (Å²) in [5.41, 5.74) is 3.24. The molecule has 8 heteroatoms. The van der Waals surface area contributed by atoms with Crippen LogP contribution in [0.25, 0.3) is 0 Å². The topological polar surface area (TPSA) is 79.2 Å². The van der Waals surface area contributed by atoms with Crippen LogP contribution >= 0.6 is 0 Å². The molecule has 0 saturated carbocycles. The van der Waals surface area contributed by atoms with Gasteiger partial charge in [0, 0.05) is 57.6 Å². The van der Waals surface area contributed by atoms with E-state index in [1.54, 1.807) is 18.0 Å². The summed E-state index contributed by atoms with van der Waals surface area (Å²) in [6, 6.07) is 12.9. The lowest BCUT2D eigenvalue weighted by atomic mass is 10.1. The lowest BCUT2D eigenvalue weighted by Gasteiger charge is -2.31. The molecule has 32 heavy (non-hydrogen) atoms. The van der Waals surface area contributed by atoms with E-state index in [1.807, 2.05) is 0 Å². The molecule has 0 unspecified atom stereocenters. The molecule has 1 amide bonds. The third-order valence-corrected chi connectivity index (χ3v) is 6.20. The summed E-state index contributed by atoms with van der Waals surface area (Å²) in [6.07, 6.45) is 3.76. The fourth-order valence-corrected chi connectivity index (χ4v) is 4.40. The van der Waals surface area contributed by atoms with Gasteiger partial charge < -0.3 is 19.4 Å². The fourth-order valence-electron chi connectivity index (χ4n) is 4.40. The second kappa shape index (κ2) is 9.99. The van der Waals surface area contributed by atoms with E-state index in [0.717, 1.165) is 24.3 Å². The first kappa shape index (κ1) is 22.1. The lowest BCUT2D eigenvalue weighted by Crippen LogP contribution is -2.38. The minimum Gasteiger partial charge on any atom is -0.378 e. The second-order valence-corrected chi connectivity index (χ2v) is 8.43. The molecule has 2 saturated heterocycles. The highest BCUT2D eigenvalue weighted by molar-refractivity contribution is 6.00. The Kier molecular flexibility index (Phi) is 6.90. The summed E-state index contributed by atoms with van der Waals surface area (Å²) in [5.74, 6) is -0.227. The first-order chi connectivity index (χ1) is 15.5. The number of carbonyl (C=O) groups is 1. The zero-order valence-corrected chi connectivity index (χ0v) is 18.5. The Labute approximate surface area is 188 Å². The summed E-state index contributed by atoms with van der Waals surface area (Å²) in [4.78, 5) is 30.3. The molecule has 8 nitrogen and oxygen atoms in total. The van der Waals surface area contributed by atoms with Crippen LogP contribution in [0, 0.1) is 10.1 Å². The average Bonchev–Trinajstić information content (AvgIpc) is 2.84. The second-order valence-electron chi connectivity index (χ2n) is 8.43. The van der Waals surface area contributed by atoms with E-state index in [9.17, 15) is 14.9 Å². The number of nitro benzene ring substituents is 1. The van der Waals surface area contributed by atoms with Crippen molar-refractivity contribution in [1.29, 1.82) is 0 Å². The molecular weight excluding hydrogens is 408 g/mol. The molecule has 0 bridgehead atoms. The molecule has 0 aromatic heterocycles. The third kappa shape index (κ3) is 5.02. The number of hydrogen-bond acceptors (Lipinski definition) is 6. The van der Waals surface area contributed by atoms with Gasteiger partial charge in [-0.1, -0.05) is 12.1 Å². The summed E-state index contributed by atoms with van der Waals surface area (Å²) in [6.45, 7) is 5.07. The van der Waals surface area contributed by atoms with Crippen molar-refractivity contribution in [3.8, 4) is 0 Å². The number of hydrogen-bond donors (Lipinski definition) is 0. The van der Waals surface area contributed by atoms with E-state index in [2.05, 4.69) is 34.1 Å². The predicted octanol–water partition coefficient (Wildman–Crippen LogP) is 3.69. The van der Waals surface area contributed by atoms with E-state index in [0.29, 0.717) is 38.4 Å². The maximum absolute atomic E-state index is 13.3. The van der Waals surface area contributed by atoms with Crippen LogP contribution in [0.15, 0.2) is 42.5 Å². The van der Waals surface area contributed by atoms with Crippen molar-refractivity contribution in [2.75, 3.05) is 56.2 Å². The standard InChI is InChI=1S/C24H30N4O4/c1-25(18-19-5-7-20(8-6-19)26-11-3-2-4-12-26)24(29)22-17-21(28(30)31)9-10-23(22)27-13-15-32-16-14-27/h5-10,17H,2-4,11-16,18H2,1H3. The van der Waals surface area contributed by atoms with Gasteiger partial charge in [0.2, 0.25) is 0 Å². The molecule has 2 heterocycles. The van der Waals surface area contributed by atoms with Crippen LogP contribution in [0.2, 0.25) is 0 Å². The number of rotatable bonds is 6. The Morgan fingerprint density at radius 3 is 2.34 bits per heavy atom. The Balaban J connectivity index is 1.51. The molecule has 0 atom stereocenters. The predicted molar refractivity (Wildman–Crippen MR) is 124 cm³/mol. The molecule has 2 aliphatic rings. The Morgan fingerprint density at radius 1 is 1.00 bits per heavy atom. The molecule has 2 aromatic rings. The molecule has 0 spiro atoms. The molecule has 0 aliphatic carbocycles. The van der Waals surface area contributed by atoms with Gasteiger partial charge in [-0.15, -0.1) is 0 Å². The summed E-state index contributed by atoms with van der Waals surface area (Å²) in [7, 11) is 1.74. The Morgan fingerprint density at radius 2 is 1.69 bits per heavy atom. The highest BCUT2D eigenvalue weighted by Gasteiger charge is 2.24. The van der Waals surface area contributed by atoms with Crippen LogP contribution in [-0.2, 0) is 11.3 Å². The number of amides is 1. The number of carbonyl (C=O) groups excluding carboxylic acids is 1. The van der Waals surface area contributed by atoms with Crippen molar-refractivity contribution < 1.29 is 14.5 Å². The number of anilines is 2. The molecule has 2 aliphatic heterocycles. The van der Waals surface area contributed by atoms with E-state index in [-0.39, 0.29) is 11.6 Å². The van der Waals surface area contributed by atoms with E-state index in [4.69, 9.17) is 4.74 Å². The average molecular weight is 439 g/mol. The maximum atomic E-state index is 13.3. The summed E-state index contributed by atoms with van der Waals surface area (Å²) in [5, 5.41) is 11.3. The van der Waals surface area contributed by atoms with Gasteiger partial charge in [0.05, 0.1) is 29.4 Å². The van der Waals surface area contributed by atoms with E-state index >= 15 is 0 Å². The van der Waals surface area contributed by atoms with Gasteiger partial charge in [0.25, 0.3) is 11.6 Å². The van der Waals surface area contributed by atoms with E-state index in [1.165, 1.54) is 37.1 Å². The molecule has 2 aromatic carbocycles. The SMILES string of the molecule is CN(Cc1ccc(N2CCCCC2)cc1)C(=O)c1cc([N+](=O)[O-])ccc1N1CCOCC1. The largest absolute Gasteiger partial charge is 0.378 e. The number of non-ortho nitro benzene ring substituents is 1. The number of benzene rings is 2. The van der Waals surface area contributed by atoms with Crippen molar-refractivity contribution in [2.24, 2.45) is 0 Å². The Bertz CT molecular complexity index is 951. The number of morpholine rings is 1. The van der Waals surface area contributed by atoms with Crippen molar-refractivity contribution in [1.82, 2.24) is 4.90 Å². The normalized spacial score (nSPS) is 16.7. The smallest absolute Gasteiger partial charge is 0.270 e. The monoisotopic (exact) mass is 438 g/mol. The number of piperidine rings is 1. The van der Waals surface area contributed by atoms with Crippen molar-refractivity contribution in [3.05, 3.63) is 63.7 Å². The maximum Gasteiger partial charge on any atom is 0.270 e. The first-order valence-corrected chi connectivity index (χ1v) is 11.2. The van der Waals surface area contributed by atoms with Crippen LogP contribution < -0.4 is 9.80 Å². The molecule has 4 rings (SSSR count). The summed E-state index contributed by atoms with van der Waals surface area (Å²) < 4.78 is 5.41. The number of ether oxygens (including phenoxy) is 1. The van der Waals surface area contributed by atoms with Crippen LogP contribution in [0.4, 0.5) is 17.1 Å². The number of nitro groups is 1. The van der Waals surface area contributed by atoms with Gasteiger partial charge in [0.15, 0.2) is 0 Å². The van der Waals surface area contributed by atoms with Gasteiger partial charge in [-0.25, -0.2) is 0 Å². The molecule has 0 N–H and O–H groups in total. The number of nitrogens with zero attached hydrogens (tertiary/aromatic N) is 4. The van der Waals surface area contributed by atoms with Crippen molar-refractivity contribution in [3.63, 3.8) is 0 Å². The zero-order valence-electron chi connectivity index (χ0n) is 18.5. The highest BCUT2D eigenvalue weighted by Crippen LogP contribution is 2.28. The lowest BCUT2D eigenvalue weighted by molar-refractivity contribution is -0.384. The van der Waals surface area contributed by atoms with Crippen LogP contribution in [0.1, 0.15) is 35.2 Å². The van der Waals surface area contributed by atoms with Crippen LogP contribution in [0.5, 0.6) is 0 Å². The van der Waals surface area contributed by atoms with Crippen molar-refractivity contribution >= 4 is 23.0 Å². The van der Waals surface area contributed by atoms with Crippen LogP contribution in [0.3, 0.4) is 0 Å². The first-order valence-electron chi connectivity index (χ1n) is 11.2. The molecule has 0 radical (unpaired) electrons. The third-order valence-electron chi connectivity index (χ3n) is 6.20. The van der Waals surface area contributed by atoms with Crippen LogP contribution in [-0.4, -0.2) is 62.2 Å². The van der Waals surface area contributed by atoms with Gasteiger partial charge in [-0.3, -0.25) is 14.9 Å². The minimum atomic E-state index is -0.459.